The topological polar surface area (TPSA) is 26.3 Å². The molecule has 1 rings (SSSR count). The number of thiol groups is 1. The summed E-state index contributed by atoms with van der Waals surface area (Å²) in [6.07, 6.45) is 0. The molecule has 5 heteroatoms. The van der Waals surface area contributed by atoms with Crippen LogP contribution in [0.15, 0.2) is 18.2 Å². The van der Waals surface area contributed by atoms with Gasteiger partial charge in [0, 0.05) is 6.07 Å². The van der Waals surface area contributed by atoms with Crippen LogP contribution in [-0.4, -0.2) is 33.8 Å². The Morgan fingerprint density at radius 2 is 2.17 bits per heavy atom. The van der Waals surface area contributed by atoms with Crippen LogP contribution >= 0.6 is 0 Å². The van der Waals surface area contributed by atoms with Crippen molar-refractivity contribution in [2.24, 2.45) is 0 Å². The fraction of sp³-hybridized carbons (Fsp3) is 0.143. The molecule has 0 atom stereocenters. The molecule has 0 bridgehead atoms. The van der Waals surface area contributed by atoms with Crippen LogP contribution in [0.25, 0.3) is 0 Å². The van der Waals surface area contributed by atoms with E-state index in [0.29, 0.717) is 5.56 Å². The molecular weight excluding hydrogens is 190 g/mol. The van der Waals surface area contributed by atoms with Crippen molar-refractivity contribution in [2.45, 2.75) is 6.92 Å². The van der Waals surface area contributed by atoms with E-state index in [4.69, 9.17) is 0 Å². The van der Waals surface area contributed by atoms with Crippen molar-refractivity contribution >= 4 is 41.5 Å². The second kappa shape index (κ2) is 5.70. The quantitative estimate of drug-likeness (QED) is 0.560. The molecule has 0 aliphatic rings. The molecule has 0 fully saturated rings. The molecule has 62 valence electrons. The third-order valence-electron chi connectivity index (χ3n) is 1.29. The van der Waals surface area contributed by atoms with Crippen molar-refractivity contribution in [3.8, 4) is 5.75 Å². The Labute approximate surface area is 96.1 Å². The first-order valence-corrected chi connectivity index (χ1v) is 3.73. The Morgan fingerprint density at radius 1 is 1.50 bits per heavy atom. The van der Waals surface area contributed by atoms with E-state index >= 15 is 0 Å². The number of hydrogen-bond acceptors (Lipinski definition) is 2. The number of halogens is 1. The van der Waals surface area contributed by atoms with Crippen molar-refractivity contribution in [3.63, 3.8) is 0 Å². The predicted octanol–water partition coefficient (Wildman–Crippen LogP) is 0.725. The Morgan fingerprint density at radius 3 is 2.67 bits per heavy atom. The van der Waals surface area contributed by atoms with Crippen LogP contribution in [0.5, 0.6) is 5.75 Å². The van der Waals surface area contributed by atoms with Gasteiger partial charge in [-0.25, -0.2) is 8.60 Å². The van der Waals surface area contributed by atoms with Crippen LogP contribution < -0.4 is 4.18 Å². The van der Waals surface area contributed by atoms with Crippen LogP contribution in [0.4, 0.5) is 4.39 Å². The predicted molar refractivity (Wildman–Crippen MR) is 48.5 cm³/mol. The monoisotopic (exact) mass is 198 g/mol. The molecular formula is C7H8FNaO2S. The van der Waals surface area contributed by atoms with Gasteiger partial charge in [-0.1, -0.05) is 6.07 Å². The van der Waals surface area contributed by atoms with Gasteiger partial charge in [-0.05, 0) is 18.6 Å². The molecule has 0 heterocycles. The summed E-state index contributed by atoms with van der Waals surface area (Å²) in [6.45, 7) is 1.65. The van der Waals surface area contributed by atoms with E-state index in [0.717, 1.165) is 0 Å². The summed E-state index contributed by atoms with van der Waals surface area (Å²) in [5.74, 6) is -0.0871. The molecule has 1 aromatic rings. The fourth-order valence-corrected chi connectivity index (χ4v) is 0.873. The molecule has 0 aliphatic heterocycles. The number of aryl methyl sites for hydroxylation is 1. The van der Waals surface area contributed by atoms with Crippen LogP contribution in [0, 0.1) is 12.7 Å². The molecule has 1 aromatic carbocycles. The van der Waals surface area contributed by atoms with E-state index in [1.807, 2.05) is 0 Å². The Bertz CT molecular complexity index is 280. The van der Waals surface area contributed by atoms with Gasteiger partial charge >= 0.3 is 29.6 Å². The number of rotatable bonds is 2. The Hall–Kier alpha value is 0.1000. The molecule has 12 heavy (non-hydrogen) atoms. The summed E-state index contributed by atoms with van der Waals surface area (Å²) in [6, 6.07) is 4.32. The molecule has 0 unspecified atom stereocenters. The third-order valence-corrected chi connectivity index (χ3v) is 1.57. The first-order valence-electron chi connectivity index (χ1n) is 3.00. The molecule has 0 amide bonds. The van der Waals surface area contributed by atoms with Gasteiger partial charge in [-0.3, -0.25) is 0 Å². The SMILES string of the molecule is Cc1ccc(O[SH]=O)cc1F.[NaH]. The van der Waals surface area contributed by atoms with Crippen molar-refractivity contribution in [1.82, 2.24) is 0 Å². The van der Waals surface area contributed by atoms with Gasteiger partial charge in [0.05, 0.1) is 0 Å². The summed E-state index contributed by atoms with van der Waals surface area (Å²) in [4.78, 5) is 0. The summed E-state index contributed by atoms with van der Waals surface area (Å²) < 4.78 is 27.2. The van der Waals surface area contributed by atoms with E-state index in [9.17, 15) is 8.60 Å². The van der Waals surface area contributed by atoms with E-state index in [-0.39, 0.29) is 41.1 Å². The zero-order valence-corrected chi connectivity index (χ0v) is 6.77. The standard InChI is InChI=1S/C7H7FO2S.Na.H/c1-5-2-3-6(10-11-9)4-7(5)8;;/h2-4,11H,1H3;;. The van der Waals surface area contributed by atoms with E-state index < -0.39 is 11.9 Å². The van der Waals surface area contributed by atoms with Gasteiger partial charge < -0.3 is 4.18 Å². The van der Waals surface area contributed by atoms with Crippen LogP contribution in [0.2, 0.25) is 0 Å². The molecule has 0 aliphatic carbocycles. The van der Waals surface area contributed by atoms with E-state index in [1.54, 1.807) is 19.1 Å². The van der Waals surface area contributed by atoms with E-state index in [1.165, 1.54) is 6.07 Å². The van der Waals surface area contributed by atoms with Gasteiger partial charge in [-0.2, -0.15) is 0 Å². The fourth-order valence-electron chi connectivity index (χ4n) is 0.673. The minimum atomic E-state index is -0.468. The molecule has 0 N–H and O–H groups in total. The first kappa shape index (κ1) is 12.1. The average molecular weight is 198 g/mol. The molecule has 0 saturated heterocycles. The van der Waals surface area contributed by atoms with Crippen molar-refractivity contribution < 1.29 is 12.8 Å². The number of benzene rings is 1. The van der Waals surface area contributed by atoms with Crippen molar-refractivity contribution in [1.29, 1.82) is 0 Å². The normalized spacial score (nSPS) is 8.83. The molecule has 2 nitrogen and oxygen atoms in total. The van der Waals surface area contributed by atoms with Gasteiger partial charge in [-0.15, -0.1) is 0 Å². The van der Waals surface area contributed by atoms with Gasteiger partial charge in [0.2, 0.25) is 0 Å². The second-order valence-corrected chi connectivity index (χ2v) is 2.41. The number of hydrogen-bond donors (Lipinski definition) is 1. The molecule has 0 spiro atoms. The van der Waals surface area contributed by atoms with Crippen molar-refractivity contribution in [2.75, 3.05) is 0 Å². The van der Waals surface area contributed by atoms with Crippen LogP contribution in [0.1, 0.15) is 5.56 Å². The zero-order chi connectivity index (χ0) is 8.27. The average Bonchev–Trinajstić information content (AvgIpc) is 1.98. The van der Waals surface area contributed by atoms with Gasteiger partial charge in [0.15, 0.2) is 11.9 Å². The minimum absolute atomic E-state index is 0. The first-order chi connectivity index (χ1) is 5.24. The van der Waals surface area contributed by atoms with Gasteiger partial charge in [0.1, 0.15) is 11.6 Å². The third kappa shape index (κ3) is 3.23. The second-order valence-electron chi connectivity index (χ2n) is 2.08. The van der Waals surface area contributed by atoms with E-state index in [2.05, 4.69) is 4.18 Å². The Balaban J connectivity index is 0.00000121. The maximum atomic E-state index is 12.7. The summed E-state index contributed by atoms with van der Waals surface area (Å²) in [5.41, 5.74) is 0.542. The van der Waals surface area contributed by atoms with Crippen LogP contribution in [0.3, 0.4) is 0 Å². The summed E-state index contributed by atoms with van der Waals surface area (Å²) >= 11 is -0.468. The molecule has 0 aromatic heterocycles. The van der Waals surface area contributed by atoms with Gasteiger partial charge in [0.25, 0.3) is 0 Å². The molecule has 0 saturated carbocycles. The maximum absolute atomic E-state index is 12.7. The van der Waals surface area contributed by atoms with Crippen LogP contribution in [-0.2, 0) is 11.9 Å². The Kier molecular flexibility index (Phi) is 5.74. The molecule has 0 radical (unpaired) electrons. The zero-order valence-electron chi connectivity index (χ0n) is 5.87. The summed E-state index contributed by atoms with van der Waals surface area (Å²) in [5, 5.41) is 0. The van der Waals surface area contributed by atoms with Crippen molar-refractivity contribution in [3.05, 3.63) is 29.6 Å². The summed E-state index contributed by atoms with van der Waals surface area (Å²) in [7, 11) is 0.